The first-order valence-corrected chi connectivity index (χ1v) is 18.0. The van der Waals surface area contributed by atoms with Gasteiger partial charge in [0.1, 0.15) is 12.2 Å². The largest absolute Gasteiger partial charge is 0.460 e. The van der Waals surface area contributed by atoms with E-state index in [-0.39, 0.29) is 54.8 Å². The number of amides is 2. The molecule has 0 unspecified atom stereocenters. The normalized spacial score (nSPS) is 15.8. The molecular formula is C41H60N2O7. The van der Waals surface area contributed by atoms with Gasteiger partial charge in [0, 0.05) is 39.5 Å². The van der Waals surface area contributed by atoms with Crippen molar-refractivity contribution in [2.45, 2.75) is 111 Å². The summed E-state index contributed by atoms with van der Waals surface area (Å²) in [5.74, 6) is -1.91. The SMILES string of the molecule is CC[C@H](C)[C@@H]([C@@H](CC(=O)OC(C)(C)C)OC)N(C)C(=O)[C@@H](CC(=O)[C@H](C(C)C)N(C)C(=O)OCC1c2ccccc2-c2ccccc21)C(C)C. The third-order valence-electron chi connectivity index (χ3n) is 10.0. The number of carbonyl (C=O) groups excluding carboxylic acids is 4. The van der Waals surface area contributed by atoms with Gasteiger partial charge in [-0.3, -0.25) is 14.4 Å². The van der Waals surface area contributed by atoms with Crippen molar-refractivity contribution in [1.82, 2.24) is 9.80 Å². The van der Waals surface area contributed by atoms with Gasteiger partial charge in [0.2, 0.25) is 5.91 Å². The fourth-order valence-corrected chi connectivity index (χ4v) is 7.33. The molecule has 0 spiro atoms. The van der Waals surface area contributed by atoms with Gasteiger partial charge in [-0.15, -0.1) is 0 Å². The summed E-state index contributed by atoms with van der Waals surface area (Å²) in [4.78, 5) is 57.7. The number of benzene rings is 2. The van der Waals surface area contributed by atoms with Gasteiger partial charge in [-0.1, -0.05) is 96.5 Å². The van der Waals surface area contributed by atoms with E-state index in [4.69, 9.17) is 14.2 Å². The van der Waals surface area contributed by atoms with E-state index in [0.717, 1.165) is 28.7 Å². The average molecular weight is 693 g/mol. The van der Waals surface area contributed by atoms with Gasteiger partial charge >= 0.3 is 12.1 Å². The quantitative estimate of drug-likeness (QED) is 0.166. The molecule has 0 fully saturated rings. The van der Waals surface area contributed by atoms with Crippen molar-refractivity contribution in [2.75, 3.05) is 27.8 Å². The molecule has 0 radical (unpaired) electrons. The maximum absolute atomic E-state index is 14.3. The van der Waals surface area contributed by atoms with Crippen molar-refractivity contribution in [3.8, 4) is 11.1 Å². The third kappa shape index (κ3) is 9.74. The second-order valence-electron chi connectivity index (χ2n) is 15.5. The number of carbonyl (C=O) groups is 4. The number of hydrogen-bond donors (Lipinski definition) is 0. The molecule has 1 aliphatic carbocycles. The minimum absolute atomic E-state index is 0.00275. The molecule has 9 heteroatoms. The number of esters is 1. The van der Waals surface area contributed by atoms with Gasteiger partial charge in [0.15, 0.2) is 5.78 Å². The van der Waals surface area contributed by atoms with E-state index in [1.807, 2.05) is 86.6 Å². The highest BCUT2D eigenvalue weighted by Gasteiger charge is 2.40. The Labute approximate surface area is 300 Å². The molecule has 0 aliphatic heterocycles. The van der Waals surface area contributed by atoms with Crippen LogP contribution in [0, 0.1) is 23.7 Å². The Hall–Kier alpha value is -3.72. The Morgan fingerprint density at radius 1 is 0.800 bits per heavy atom. The lowest BCUT2D eigenvalue weighted by atomic mass is 9.83. The lowest BCUT2D eigenvalue weighted by Crippen LogP contribution is -2.53. The predicted octanol–water partition coefficient (Wildman–Crippen LogP) is 7.74. The summed E-state index contributed by atoms with van der Waals surface area (Å²) < 4.78 is 17.3. The van der Waals surface area contributed by atoms with Crippen LogP contribution in [-0.4, -0.2) is 85.2 Å². The van der Waals surface area contributed by atoms with Crippen molar-refractivity contribution in [2.24, 2.45) is 23.7 Å². The summed E-state index contributed by atoms with van der Waals surface area (Å²) in [6.07, 6.45) is -0.471. The van der Waals surface area contributed by atoms with Crippen LogP contribution in [0.1, 0.15) is 98.6 Å². The van der Waals surface area contributed by atoms with Crippen molar-refractivity contribution >= 4 is 23.8 Å². The molecule has 2 aromatic carbocycles. The smallest absolute Gasteiger partial charge is 0.410 e. The number of Topliss-reactive ketones (excluding diaryl/α,β-unsaturated/α-hetero) is 1. The van der Waals surface area contributed by atoms with Gasteiger partial charge in [-0.2, -0.15) is 0 Å². The predicted molar refractivity (Wildman–Crippen MR) is 197 cm³/mol. The first kappa shape index (κ1) is 40.7. The van der Waals surface area contributed by atoms with E-state index in [0.29, 0.717) is 0 Å². The number of fused-ring (bicyclic) bond motifs is 3. The highest BCUT2D eigenvalue weighted by atomic mass is 16.6. The van der Waals surface area contributed by atoms with E-state index >= 15 is 0 Å². The molecule has 0 bridgehead atoms. The van der Waals surface area contributed by atoms with Crippen LogP contribution < -0.4 is 0 Å². The second-order valence-corrected chi connectivity index (χ2v) is 15.5. The summed E-state index contributed by atoms with van der Waals surface area (Å²) in [7, 11) is 4.86. The number of hydrogen-bond acceptors (Lipinski definition) is 7. The third-order valence-corrected chi connectivity index (χ3v) is 10.0. The molecule has 2 aromatic rings. The van der Waals surface area contributed by atoms with Crippen molar-refractivity contribution in [3.05, 3.63) is 59.7 Å². The number of nitrogens with zero attached hydrogens (tertiary/aromatic N) is 2. The van der Waals surface area contributed by atoms with Gasteiger partial charge in [-0.05, 0) is 60.8 Å². The highest BCUT2D eigenvalue weighted by molar-refractivity contribution is 5.92. The van der Waals surface area contributed by atoms with Crippen LogP contribution in [0.3, 0.4) is 0 Å². The van der Waals surface area contributed by atoms with Gasteiger partial charge < -0.3 is 24.0 Å². The second kappa shape index (κ2) is 17.5. The molecular weight excluding hydrogens is 632 g/mol. The van der Waals surface area contributed by atoms with Crippen molar-refractivity contribution in [3.63, 3.8) is 0 Å². The Balaban J connectivity index is 1.77. The summed E-state index contributed by atoms with van der Waals surface area (Å²) in [6, 6.07) is 15.1. The maximum Gasteiger partial charge on any atom is 0.410 e. The van der Waals surface area contributed by atoms with Crippen molar-refractivity contribution in [1.29, 1.82) is 0 Å². The minimum Gasteiger partial charge on any atom is -0.460 e. The molecule has 0 heterocycles. The van der Waals surface area contributed by atoms with Gasteiger partial charge in [-0.25, -0.2) is 4.79 Å². The number of rotatable bonds is 16. The summed E-state index contributed by atoms with van der Waals surface area (Å²) in [5, 5.41) is 0. The van der Waals surface area contributed by atoms with Crippen LogP contribution in [-0.2, 0) is 28.6 Å². The summed E-state index contributed by atoms with van der Waals surface area (Å²) in [6.45, 7) is 17.3. The van der Waals surface area contributed by atoms with Crippen LogP contribution >= 0.6 is 0 Å². The number of methoxy groups -OCH3 is 1. The minimum atomic E-state index is -0.783. The lowest BCUT2D eigenvalue weighted by molar-refractivity contribution is -0.161. The molecule has 0 aromatic heterocycles. The number of ether oxygens (including phenoxy) is 3. The Kier molecular flexibility index (Phi) is 14.2. The van der Waals surface area contributed by atoms with E-state index in [1.54, 1.807) is 26.1 Å². The monoisotopic (exact) mass is 692 g/mol. The molecule has 0 saturated carbocycles. The molecule has 50 heavy (non-hydrogen) atoms. The Morgan fingerprint density at radius 2 is 1.34 bits per heavy atom. The molecule has 9 nitrogen and oxygen atoms in total. The van der Waals surface area contributed by atoms with E-state index in [1.165, 1.54) is 4.90 Å². The maximum atomic E-state index is 14.3. The zero-order valence-electron chi connectivity index (χ0n) is 32.3. The number of likely N-dealkylation sites (N-methyl/N-ethyl adjacent to an activating group) is 2. The first-order chi connectivity index (χ1) is 23.4. The van der Waals surface area contributed by atoms with Crippen LogP contribution in [0.4, 0.5) is 4.79 Å². The van der Waals surface area contributed by atoms with E-state index in [2.05, 4.69) is 24.3 Å². The zero-order chi connectivity index (χ0) is 37.5. The van der Waals surface area contributed by atoms with Crippen LogP contribution in [0.15, 0.2) is 48.5 Å². The number of ketones is 1. The average Bonchev–Trinajstić information content (AvgIpc) is 3.37. The van der Waals surface area contributed by atoms with Crippen molar-refractivity contribution < 1.29 is 33.4 Å². The molecule has 3 rings (SSSR count). The molecule has 1 aliphatic rings. The summed E-state index contributed by atoms with van der Waals surface area (Å²) >= 11 is 0. The topological polar surface area (TPSA) is 102 Å². The molecule has 2 amide bonds. The lowest BCUT2D eigenvalue weighted by Gasteiger charge is -2.40. The Morgan fingerprint density at radius 3 is 1.80 bits per heavy atom. The van der Waals surface area contributed by atoms with Crippen LogP contribution in [0.5, 0.6) is 0 Å². The van der Waals surface area contributed by atoms with Crippen LogP contribution in [0.25, 0.3) is 11.1 Å². The van der Waals surface area contributed by atoms with Gasteiger partial charge in [0.25, 0.3) is 0 Å². The highest BCUT2D eigenvalue weighted by Crippen LogP contribution is 2.44. The molecule has 0 saturated heterocycles. The van der Waals surface area contributed by atoms with Gasteiger partial charge in [0.05, 0.1) is 24.6 Å². The first-order valence-electron chi connectivity index (χ1n) is 18.0. The van der Waals surface area contributed by atoms with E-state index in [9.17, 15) is 19.2 Å². The molecule has 5 atom stereocenters. The standard InChI is InChI=1S/C41H60N2O7/c1-13-27(6)38(35(48-12)23-36(45)50-41(7,8)9)42(10)39(46)32(25(2)3)22-34(44)37(26(4)5)43(11)40(47)49-24-33-30-20-16-14-18-28(30)29-19-15-17-21-31(29)33/h14-21,25-27,32-33,35,37-38H,13,22-24H2,1-12H3/t27-,32-,35+,37-,38-/m0/s1. The van der Waals surface area contributed by atoms with Crippen LogP contribution in [0.2, 0.25) is 0 Å². The Bertz CT molecular complexity index is 1430. The van der Waals surface area contributed by atoms with E-state index < -0.39 is 41.8 Å². The molecule has 0 N–H and O–H groups in total. The molecule has 276 valence electrons. The fourth-order valence-electron chi connectivity index (χ4n) is 7.33. The zero-order valence-corrected chi connectivity index (χ0v) is 32.3. The fraction of sp³-hybridized carbons (Fsp3) is 0.610. The summed E-state index contributed by atoms with van der Waals surface area (Å²) in [5.41, 5.74) is 3.85.